The van der Waals surface area contributed by atoms with Crippen molar-refractivity contribution >= 4 is 16.5 Å². The Hall–Kier alpha value is -2.62. The van der Waals surface area contributed by atoms with Gasteiger partial charge in [0.15, 0.2) is 0 Å². The van der Waals surface area contributed by atoms with Crippen LogP contribution in [0.1, 0.15) is 19.4 Å². The van der Waals surface area contributed by atoms with Crippen molar-refractivity contribution in [2.75, 3.05) is 5.32 Å². The maximum Gasteiger partial charge on any atom is 0.221 e. The number of nitrogens with one attached hydrogen (secondary N) is 1. The quantitative estimate of drug-likeness (QED) is 0.771. The van der Waals surface area contributed by atoms with Crippen molar-refractivity contribution in [3.8, 4) is 5.88 Å². The van der Waals surface area contributed by atoms with E-state index in [1.807, 2.05) is 18.2 Å². The van der Waals surface area contributed by atoms with Crippen molar-refractivity contribution in [3.05, 3.63) is 60.6 Å². The van der Waals surface area contributed by atoms with E-state index in [0.717, 1.165) is 22.0 Å². The van der Waals surface area contributed by atoms with Gasteiger partial charge in [0, 0.05) is 41.3 Å². The van der Waals surface area contributed by atoms with Crippen LogP contribution in [0.25, 0.3) is 10.8 Å². The minimum atomic E-state index is 0.383. The first-order valence-corrected chi connectivity index (χ1v) is 7.39. The number of benzene rings is 1. The van der Waals surface area contributed by atoms with Crippen molar-refractivity contribution in [1.29, 1.82) is 0 Å². The lowest BCUT2D eigenvalue weighted by Crippen LogP contribution is -2.09. The molecule has 0 aliphatic rings. The second kappa shape index (κ2) is 6.43. The third-order valence-corrected chi connectivity index (χ3v) is 3.28. The number of anilines is 1. The molecule has 0 saturated carbocycles. The van der Waals surface area contributed by atoms with E-state index in [4.69, 9.17) is 4.74 Å². The van der Waals surface area contributed by atoms with Crippen LogP contribution in [-0.4, -0.2) is 16.0 Å². The Morgan fingerprint density at radius 3 is 2.82 bits per heavy atom. The van der Waals surface area contributed by atoms with Crippen molar-refractivity contribution in [1.82, 2.24) is 9.97 Å². The molecule has 0 atom stereocenters. The predicted octanol–water partition coefficient (Wildman–Crippen LogP) is 4.03. The van der Waals surface area contributed by atoms with Gasteiger partial charge in [-0.2, -0.15) is 0 Å². The molecule has 2 aromatic heterocycles. The number of rotatable bonds is 5. The van der Waals surface area contributed by atoms with Crippen LogP contribution in [0.3, 0.4) is 0 Å². The van der Waals surface area contributed by atoms with Gasteiger partial charge >= 0.3 is 0 Å². The van der Waals surface area contributed by atoms with Crippen LogP contribution >= 0.6 is 0 Å². The predicted molar refractivity (Wildman–Crippen MR) is 89.1 cm³/mol. The monoisotopic (exact) mass is 293 g/mol. The molecule has 0 aliphatic carbocycles. The zero-order valence-electron chi connectivity index (χ0n) is 12.8. The molecule has 0 spiro atoms. The van der Waals surface area contributed by atoms with E-state index in [9.17, 15) is 0 Å². The third-order valence-electron chi connectivity index (χ3n) is 3.28. The number of nitrogens with zero attached hydrogens (tertiary/aromatic N) is 2. The third kappa shape index (κ3) is 3.34. The average Bonchev–Trinajstić information content (AvgIpc) is 2.53. The van der Waals surface area contributed by atoms with E-state index < -0.39 is 0 Å². The lowest BCUT2D eigenvalue weighted by Gasteiger charge is -2.12. The number of aromatic nitrogens is 2. The zero-order valence-corrected chi connectivity index (χ0v) is 12.8. The maximum atomic E-state index is 5.89. The highest BCUT2D eigenvalue weighted by atomic mass is 16.5. The van der Waals surface area contributed by atoms with Crippen molar-refractivity contribution in [3.63, 3.8) is 0 Å². The average molecular weight is 293 g/mol. The van der Waals surface area contributed by atoms with Crippen LogP contribution < -0.4 is 10.1 Å². The molecule has 0 fully saturated rings. The molecular weight excluding hydrogens is 274 g/mol. The molecule has 4 nitrogen and oxygen atoms in total. The molecule has 0 radical (unpaired) electrons. The van der Waals surface area contributed by atoms with E-state index in [2.05, 4.69) is 47.3 Å². The zero-order chi connectivity index (χ0) is 15.4. The van der Waals surface area contributed by atoms with Gasteiger partial charge in [-0.3, -0.25) is 4.98 Å². The summed E-state index contributed by atoms with van der Waals surface area (Å²) in [5.41, 5.74) is 2.10. The minimum absolute atomic E-state index is 0.383. The highest BCUT2D eigenvalue weighted by Crippen LogP contribution is 2.27. The first kappa shape index (κ1) is 14.3. The molecule has 0 unspecified atom stereocenters. The van der Waals surface area contributed by atoms with Gasteiger partial charge in [0.2, 0.25) is 5.88 Å². The number of pyridine rings is 2. The summed E-state index contributed by atoms with van der Waals surface area (Å²) in [5, 5.41) is 5.53. The first-order chi connectivity index (χ1) is 10.7. The van der Waals surface area contributed by atoms with Gasteiger partial charge in [-0.1, -0.05) is 12.1 Å². The Morgan fingerprint density at radius 1 is 1.14 bits per heavy atom. The van der Waals surface area contributed by atoms with E-state index in [1.165, 1.54) is 0 Å². The van der Waals surface area contributed by atoms with Crippen molar-refractivity contribution < 1.29 is 4.74 Å². The summed E-state index contributed by atoms with van der Waals surface area (Å²) in [5.74, 6) is 0.647. The molecule has 2 heterocycles. The van der Waals surface area contributed by atoms with Crippen LogP contribution in [0.4, 0.5) is 5.69 Å². The van der Waals surface area contributed by atoms with Crippen LogP contribution in [-0.2, 0) is 6.61 Å². The summed E-state index contributed by atoms with van der Waals surface area (Å²) in [7, 11) is 0. The SMILES string of the molecule is CC(C)Nc1ccc2ccnc(OCc3cccnc3)c2c1. The molecule has 3 aromatic rings. The van der Waals surface area contributed by atoms with Crippen LogP contribution in [0.2, 0.25) is 0 Å². The summed E-state index contributed by atoms with van der Waals surface area (Å²) >= 11 is 0. The van der Waals surface area contributed by atoms with E-state index in [1.54, 1.807) is 18.6 Å². The lowest BCUT2D eigenvalue weighted by molar-refractivity contribution is 0.297. The fourth-order valence-electron chi connectivity index (χ4n) is 2.31. The minimum Gasteiger partial charge on any atom is -0.472 e. The van der Waals surface area contributed by atoms with E-state index in [0.29, 0.717) is 18.5 Å². The molecule has 1 N–H and O–H groups in total. The Bertz CT molecular complexity index is 757. The van der Waals surface area contributed by atoms with Gasteiger partial charge in [0.1, 0.15) is 6.61 Å². The molecule has 0 amide bonds. The Kier molecular flexibility index (Phi) is 4.19. The number of hydrogen-bond acceptors (Lipinski definition) is 4. The fraction of sp³-hybridized carbons (Fsp3) is 0.222. The second-order valence-corrected chi connectivity index (χ2v) is 5.50. The van der Waals surface area contributed by atoms with E-state index >= 15 is 0 Å². The molecule has 112 valence electrons. The Morgan fingerprint density at radius 2 is 2.05 bits per heavy atom. The Labute approximate surface area is 130 Å². The van der Waals surface area contributed by atoms with Gasteiger partial charge in [0.05, 0.1) is 0 Å². The Balaban J connectivity index is 1.87. The topological polar surface area (TPSA) is 47.0 Å². The maximum absolute atomic E-state index is 5.89. The molecule has 4 heteroatoms. The van der Waals surface area contributed by atoms with Gasteiger partial charge in [0.25, 0.3) is 0 Å². The molecular formula is C18H19N3O. The lowest BCUT2D eigenvalue weighted by atomic mass is 10.1. The first-order valence-electron chi connectivity index (χ1n) is 7.39. The summed E-state index contributed by atoms with van der Waals surface area (Å²) in [4.78, 5) is 8.47. The molecule has 22 heavy (non-hydrogen) atoms. The van der Waals surface area contributed by atoms with Crippen LogP contribution in [0.5, 0.6) is 5.88 Å². The molecule has 0 aliphatic heterocycles. The smallest absolute Gasteiger partial charge is 0.221 e. The summed E-state index contributed by atoms with van der Waals surface area (Å²) in [6, 6.07) is 12.5. The number of fused-ring (bicyclic) bond motifs is 1. The fourth-order valence-corrected chi connectivity index (χ4v) is 2.31. The molecule has 1 aromatic carbocycles. The van der Waals surface area contributed by atoms with Crippen LogP contribution in [0, 0.1) is 0 Å². The largest absolute Gasteiger partial charge is 0.472 e. The molecule has 3 rings (SSSR count). The summed E-state index contributed by atoms with van der Waals surface area (Å²) in [6.07, 6.45) is 5.33. The van der Waals surface area contributed by atoms with Gasteiger partial charge in [-0.15, -0.1) is 0 Å². The molecule has 0 bridgehead atoms. The summed E-state index contributed by atoms with van der Waals surface area (Å²) < 4.78 is 5.89. The number of ether oxygens (including phenoxy) is 1. The van der Waals surface area contributed by atoms with Crippen LogP contribution in [0.15, 0.2) is 55.0 Å². The summed E-state index contributed by atoms with van der Waals surface area (Å²) in [6.45, 7) is 4.70. The standard InChI is InChI=1S/C18H19N3O/c1-13(2)21-16-6-5-15-7-9-20-18(17(15)10-16)22-12-14-4-3-8-19-11-14/h3-11,13,21H,12H2,1-2H3. The van der Waals surface area contributed by atoms with Gasteiger partial charge in [-0.05, 0) is 43.5 Å². The number of hydrogen-bond donors (Lipinski definition) is 1. The van der Waals surface area contributed by atoms with Crippen molar-refractivity contribution in [2.24, 2.45) is 0 Å². The van der Waals surface area contributed by atoms with E-state index in [-0.39, 0.29) is 0 Å². The highest BCUT2D eigenvalue weighted by Gasteiger charge is 2.06. The highest BCUT2D eigenvalue weighted by molar-refractivity contribution is 5.89. The van der Waals surface area contributed by atoms with Gasteiger partial charge < -0.3 is 10.1 Å². The molecule has 0 saturated heterocycles. The second-order valence-electron chi connectivity index (χ2n) is 5.50. The normalized spacial score (nSPS) is 10.9. The van der Waals surface area contributed by atoms with Gasteiger partial charge in [-0.25, -0.2) is 4.98 Å². The van der Waals surface area contributed by atoms with Crippen molar-refractivity contribution in [2.45, 2.75) is 26.5 Å².